The van der Waals surface area contributed by atoms with Crippen LogP contribution in [-0.4, -0.2) is 36.2 Å². The predicted molar refractivity (Wildman–Crippen MR) is 93.1 cm³/mol. The van der Waals surface area contributed by atoms with Crippen molar-refractivity contribution in [2.45, 2.75) is 25.4 Å². The van der Waals surface area contributed by atoms with E-state index in [-0.39, 0.29) is 12.5 Å². The number of aliphatic carboxylic acids is 1. The van der Waals surface area contributed by atoms with Gasteiger partial charge in [-0.2, -0.15) is 0 Å². The number of hydrogen-bond acceptors (Lipinski definition) is 3. The molecule has 0 aromatic heterocycles. The molecule has 3 rings (SSSR count). The van der Waals surface area contributed by atoms with Gasteiger partial charge in [0.1, 0.15) is 0 Å². The summed E-state index contributed by atoms with van der Waals surface area (Å²) in [6.45, 7) is 3.73. The summed E-state index contributed by atoms with van der Waals surface area (Å²) in [5.74, 6) is -0.751. The smallest absolute Gasteiger partial charge is 0.305 e. The number of benzene rings is 2. The van der Waals surface area contributed by atoms with Crippen molar-refractivity contribution < 1.29 is 9.90 Å². The van der Waals surface area contributed by atoms with Gasteiger partial charge in [0.05, 0.1) is 12.5 Å². The first-order valence-corrected chi connectivity index (χ1v) is 8.00. The lowest BCUT2D eigenvalue weighted by molar-refractivity contribution is -0.137. The summed E-state index contributed by atoms with van der Waals surface area (Å²) in [6.07, 6.45) is 0.144. The molecule has 0 saturated carbocycles. The van der Waals surface area contributed by atoms with Crippen LogP contribution in [0.25, 0.3) is 0 Å². The van der Waals surface area contributed by atoms with Gasteiger partial charge in [-0.15, -0.1) is 0 Å². The number of piperazine rings is 1. The summed E-state index contributed by atoms with van der Waals surface area (Å²) >= 11 is 0. The second kappa shape index (κ2) is 6.73. The summed E-state index contributed by atoms with van der Waals surface area (Å²) in [5.41, 5.74) is 2.25. The Morgan fingerprint density at radius 1 is 0.957 bits per heavy atom. The molecule has 120 valence electrons. The largest absolute Gasteiger partial charge is 0.481 e. The molecule has 4 nitrogen and oxygen atoms in total. The van der Waals surface area contributed by atoms with Gasteiger partial charge >= 0.3 is 5.97 Å². The van der Waals surface area contributed by atoms with E-state index in [1.165, 1.54) is 0 Å². The van der Waals surface area contributed by atoms with Crippen LogP contribution in [0.2, 0.25) is 0 Å². The average molecular weight is 310 g/mol. The van der Waals surface area contributed by atoms with Gasteiger partial charge in [-0.3, -0.25) is 4.79 Å². The van der Waals surface area contributed by atoms with Gasteiger partial charge in [-0.05, 0) is 31.2 Å². The Morgan fingerprint density at radius 3 is 2.00 bits per heavy atom. The van der Waals surface area contributed by atoms with Crippen molar-refractivity contribution in [2.24, 2.45) is 0 Å². The molecule has 0 radical (unpaired) electrons. The second-order valence-electron chi connectivity index (χ2n) is 6.08. The minimum atomic E-state index is -0.751. The molecule has 1 fully saturated rings. The van der Waals surface area contributed by atoms with Gasteiger partial charge in [0.2, 0.25) is 0 Å². The quantitative estimate of drug-likeness (QED) is 0.941. The van der Waals surface area contributed by atoms with Gasteiger partial charge in [-0.1, -0.05) is 36.4 Å². The van der Waals surface area contributed by atoms with Crippen molar-refractivity contribution in [3.05, 3.63) is 60.7 Å². The first-order chi connectivity index (χ1) is 11.1. The normalized spacial score (nSPS) is 21.3. The maximum absolute atomic E-state index is 11.3. The van der Waals surface area contributed by atoms with Crippen LogP contribution in [0.5, 0.6) is 0 Å². The van der Waals surface area contributed by atoms with E-state index in [1.54, 1.807) is 0 Å². The molecule has 0 amide bonds. The number of anilines is 2. The molecule has 23 heavy (non-hydrogen) atoms. The van der Waals surface area contributed by atoms with Crippen LogP contribution >= 0.6 is 0 Å². The van der Waals surface area contributed by atoms with Crippen LogP contribution in [0.15, 0.2) is 60.7 Å². The van der Waals surface area contributed by atoms with Crippen molar-refractivity contribution in [3.8, 4) is 0 Å². The average Bonchev–Trinajstić information content (AvgIpc) is 2.57. The SMILES string of the molecule is C[C@H]1CN(c2ccccc2)[C@@H](CC(=O)O)CN1c1ccccc1. The fourth-order valence-electron chi connectivity index (χ4n) is 3.33. The first kappa shape index (κ1) is 15.4. The van der Waals surface area contributed by atoms with E-state index in [0.29, 0.717) is 12.6 Å². The van der Waals surface area contributed by atoms with Crippen molar-refractivity contribution in [2.75, 3.05) is 22.9 Å². The van der Waals surface area contributed by atoms with E-state index in [1.807, 2.05) is 36.4 Å². The zero-order valence-corrected chi connectivity index (χ0v) is 13.3. The Labute approximate surface area is 137 Å². The van der Waals surface area contributed by atoms with Crippen molar-refractivity contribution in [1.82, 2.24) is 0 Å². The predicted octanol–water partition coefficient (Wildman–Crippen LogP) is 3.25. The third-order valence-electron chi connectivity index (χ3n) is 4.43. The van der Waals surface area contributed by atoms with E-state index in [4.69, 9.17) is 0 Å². The highest BCUT2D eigenvalue weighted by atomic mass is 16.4. The van der Waals surface area contributed by atoms with Gasteiger partial charge in [-0.25, -0.2) is 0 Å². The molecular formula is C19H22N2O2. The van der Waals surface area contributed by atoms with E-state index in [2.05, 4.69) is 41.0 Å². The van der Waals surface area contributed by atoms with Gasteiger partial charge < -0.3 is 14.9 Å². The van der Waals surface area contributed by atoms with E-state index < -0.39 is 5.97 Å². The Morgan fingerprint density at radius 2 is 1.48 bits per heavy atom. The van der Waals surface area contributed by atoms with Gasteiger partial charge in [0.15, 0.2) is 0 Å². The molecule has 1 heterocycles. The van der Waals surface area contributed by atoms with E-state index >= 15 is 0 Å². The van der Waals surface area contributed by atoms with Crippen molar-refractivity contribution >= 4 is 17.3 Å². The molecule has 0 bridgehead atoms. The van der Waals surface area contributed by atoms with Gasteiger partial charge in [0, 0.05) is 30.5 Å². The highest BCUT2D eigenvalue weighted by molar-refractivity contribution is 5.69. The minimum absolute atomic E-state index is 0.0358. The molecule has 1 aliphatic heterocycles. The Bertz CT molecular complexity index is 645. The third-order valence-corrected chi connectivity index (χ3v) is 4.43. The number of para-hydroxylation sites is 2. The molecule has 1 aliphatic rings. The van der Waals surface area contributed by atoms with Crippen molar-refractivity contribution in [3.63, 3.8) is 0 Å². The molecule has 2 atom stereocenters. The molecule has 1 saturated heterocycles. The Kier molecular flexibility index (Phi) is 4.51. The Balaban J connectivity index is 1.87. The summed E-state index contributed by atoms with van der Waals surface area (Å²) in [5, 5.41) is 9.31. The topological polar surface area (TPSA) is 43.8 Å². The fraction of sp³-hybridized carbons (Fsp3) is 0.316. The molecule has 4 heteroatoms. The minimum Gasteiger partial charge on any atom is -0.481 e. The molecule has 0 aliphatic carbocycles. The molecule has 0 unspecified atom stereocenters. The molecule has 2 aromatic carbocycles. The zero-order chi connectivity index (χ0) is 16.2. The van der Waals surface area contributed by atoms with Crippen LogP contribution in [0, 0.1) is 0 Å². The highest BCUT2D eigenvalue weighted by Crippen LogP contribution is 2.28. The monoisotopic (exact) mass is 310 g/mol. The first-order valence-electron chi connectivity index (χ1n) is 8.00. The number of carbonyl (C=O) groups is 1. The maximum atomic E-state index is 11.3. The summed E-state index contributed by atoms with van der Waals surface area (Å²) in [6, 6.07) is 20.6. The lowest BCUT2D eigenvalue weighted by Crippen LogP contribution is -2.58. The van der Waals surface area contributed by atoms with E-state index in [9.17, 15) is 9.90 Å². The molecule has 2 aromatic rings. The van der Waals surface area contributed by atoms with Crippen LogP contribution < -0.4 is 9.80 Å². The van der Waals surface area contributed by atoms with Crippen LogP contribution in [-0.2, 0) is 4.79 Å². The standard InChI is InChI=1S/C19H22N2O2/c1-15-13-21(17-10-6-3-7-11-17)18(12-19(22)23)14-20(15)16-8-4-2-5-9-16/h2-11,15,18H,12-14H2,1H3,(H,22,23)/t15-,18-/m0/s1. The lowest BCUT2D eigenvalue weighted by atomic mass is 10.0. The maximum Gasteiger partial charge on any atom is 0.305 e. The fourth-order valence-corrected chi connectivity index (χ4v) is 3.33. The summed E-state index contributed by atoms with van der Waals surface area (Å²) < 4.78 is 0. The number of rotatable bonds is 4. The third kappa shape index (κ3) is 3.47. The summed E-state index contributed by atoms with van der Waals surface area (Å²) in [4.78, 5) is 15.9. The number of hydrogen-bond donors (Lipinski definition) is 1. The van der Waals surface area contributed by atoms with Crippen molar-refractivity contribution in [1.29, 1.82) is 0 Å². The number of carboxylic acids is 1. The van der Waals surface area contributed by atoms with E-state index in [0.717, 1.165) is 17.9 Å². The van der Waals surface area contributed by atoms with Crippen LogP contribution in [0.3, 0.4) is 0 Å². The lowest BCUT2D eigenvalue weighted by Gasteiger charge is -2.47. The molecule has 1 N–H and O–H groups in total. The number of nitrogens with zero attached hydrogens (tertiary/aromatic N) is 2. The van der Waals surface area contributed by atoms with Crippen LogP contribution in [0.1, 0.15) is 13.3 Å². The Hall–Kier alpha value is -2.49. The molecule has 0 spiro atoms. The number of carboxylic acid groups (broad SMARTS) is 1. The zero-order valence-electron chi connectivity index (χ0n) is 13.3. The van der Waals surface area contributed by atoms with Gasteiger partial charge in [0.25, 0.3) is 0 Å². The second-order valence-corrected chi connectivity index (χ2v) is 6.08. The highest BCUT2D eigenvalue weighted by Gasteiger charge is 2.33. The summed E-state index contributed by atoms with van der Waals surface area (Å²) in [7, 11) is 0. The van der Waals surface area contributed by atoms with Crippen LogP contribution in [0.4, 0.5) is 11.4 Å². The molecular weight excluding hydrogens is 288 g/mol.